The number of carbonyl (C=O) groups is 1. The van der Waals surface area contributed by atoms with Gasteiger partial charge in [-0.25, -0.2) is 9.31 Å². The number of pyridine rings is 1. The molecule has 1 unspecified atom stereocenters. The summed E-state index contributed by atoms with van der Waals surface area (Å²) in [6.45, 7) is 9.69. The third kappa shape index (κ3) is 3.87. The highest BCUT2D eigenvalue weighted by atomic mass is 16.6. The van der Waals surface area contributed by atoms with Gasteiger partial charge in [-0.2, -0.15) is 9.90 Å². The average molecular weight is 398 g/mol. The number of aromatic nitrogens is 6. The highest BCUT2D eigenvalue weighted by molar-refractivity contribution is 5.75. The summed E-state index contributed by atoms with van der Waals surface area (Å²) in [5.74, 6) is 0.561. The molecule has 154 valence electrons. The van der Waals surface area contributed by atoms with Gasteiger partial charge in [0.1, 0.15) is 5.60 Å². The quantitative estimate of drug-likeness (QED) is 0.651. The number of ether oxygens (including phenoxy) is 1. The second kappa shape index (κ2) is 7.02. The van der Waals surface area contributed by atoms with Crippen molar-refractivity contribution in [2.75, 3.05) is 24.5 Å². The summed E-state index contributed by atoms with van der Waals surface area (Å²) in [6, 6.07) is 4.13. The Morgan fingerprint density at radius 2 is 2.03 bits per heavy atom. The molecule has 4 rings (SSSR count). The van der Waals surface area contributed by atoms with E-state index < -0.39 is 5.60 Å². The van der Waals surface area contributed by atoms with Crippen LogP contribution in [0.5, 0.6) is 0 Å². The number of piperazine rings is 1. The molecule has 0 aliphatic carbocycles. The lowest BCUT2D eigenvalue weighted by Crippen LogP contribution is -2.54. The molecule has 10 heteroatoms. The van der Waals surface area contributed by atoms with Crippen molar-refractivity contribution < 1.29 is 9.53 Å². The molecule has 3 aromatic heterocycles. The van der Waals surface area contributed by atoms with Crippen molar-refractivity contribution in [1.29, 1.82) is 0 Å². The van der Waals surface area contributed by atoms with E-state index in [1.807, 2.05) is 49.8 Å². The van der Waals surface area contributed by atoms with Gasteiger partial charge in [-0.05, 0) is 45.0 Å². The Morgan fingerprint density at radius 1 is 1.24 bits per heavy atom. The first-order valence-corrected chi connectivity index (χ1v) is 9.67. The average Bonchev–Trinajstić information content (AvgIpc) is 3.26. The van der Waals surface area contributed by atoms with E-state index >= 15 is 0 Å². The predicted octanol–water partition coefficient (Wildman–Crippen LogP) is 1.97. The predicted molar refractivity (Wildman–Crippen MR) is 108 cm³/mol. The minimum atomic E-state index is -0.490. The molecule has 0 aromatic carbocycles. The van der Waals surface area contributed by atoms with Crippen LogP contribution in [0.25, 0.3) is 16.9 Å². The van der Waals surface area contributed by atoms with Crippen LogP contribution in [0.15, 0.2) is 24.5 Å². The second-order valence-corrected chi connectivity index (χ2v) is 8.35. The number of tetrazole rings is 1. The molecule has 29 heavy (non-hydrogen) atoms. The van der Waals surface area contributed by atoms with Gasteiger partial charge >= 0.3 is 6.09 Å². The van der Waals surface area contributed by atoms with Gasteiger partial charge in [-0.15, -0.1) is 10.2 Å². The SMILES string of the molecule is CC1CN(C(=O)OC(C)(C)C)CCN1c1cnn2cc(-c3nnn(C)n3)ccc12. The number of rotatable bonds is 2. The van der Waals surface area contributed by atoms with Crippen LogP contribution in [0, 0.1) is 0 Å². The van der Waals surface area contributed by atoms with E-state index in [4.69, 9.17) is 4.74 Å². The number of hydrogen-bond acceptors (Lipinski definition) is 7. The molecule has 0 bridgehead atoms. The van der Waals surface area contributed by atoms with Crippen molar-refractivity contribution in [1.82, 2.24) is 34.7 Å². The lowest BCUT2D eigenvalue weighted by atomic mass is 10.1. The molecule has 0 saturated carbocycles. The van der Waals surface area contributed by atoms with E-state index in [0.717, 1.165) is 23.3 Å². The summed E-state index contributed by atoms with van der Waals surface area (Å²) in [5, 5.41) is 16.7. The number of carbonyl (C=O) groups excluding carboxylic acids is 1. The standard InChI is InChI=1S/C19H26N8O2/c1-13-11-25(18(28)29-19(2,3)4)8-9-26(13)16-10-20-27-12-14(6-7-15(16)27)17-21-23-24(5)22-17/h6-7,10,12-13H,8-9,11H2,1-5H3. The fraction of sp³-hybridized carbons (Fsp3) is 0.526. The molecule has 10 nitrogen and oxygen atoms in total. The van der Waals surface area contributed by atoms with E-state index in [-0.39, 0.29) is 12.1 Å². The van der Waals surface area contributed by atoms with Crippen LogP contribution in [0.2, 0.25) is 0 Å². The first-order chi connectivity index (χ1) is 13.7. The first-order valence-electron chi connectivity index (χ1n) is 9.67. The van der Waals surface area contributed by atoms with Crippen molar-refractivity contribution >= 4 is 17.3 Å². The molecule has 1 amide bonds. The summed E-state index contributed by atoms with van der Waals surface area (Å²) in [7, 11) is 1.74. The molecular weight excluding hydrogens is 372 g/mol. The molecular formula is C19H26N8O2. The van der Waals surface area contributed by atoms with Crippen LogP contribution in [0.4, 0.5) is 10.5 Å². The van der Waals surface area contributed by atoms with Crippen molar-refractivity contribution in [2.45, 2.75) is 39.3 Å². The van der Waals surface area contributed by atoms with Gasteiger partial charge in [-0.1, -0.05) is 0 Å². The molecule has 1 saturated heterocycles. The fourth-order valence-electron chi connectivity index (χ4n) is 3.53. The maximum atomic E-state index is 12.4. The Hall–Kier alpha value is -3.17. The Labute approximate surface area is 169 Å². The molecule has 0 radical (unpaired) electrons. The van der Waals surface area contributed by atoms with E-state index in [1.54, 1.807) is 11.9 Å². The highest BCUT2D eigenvalue weighted by Crippen LogP contribution is 2.27. The monoisotopic (exact) mass is 398 g/mol. The van der Waals surface area contributed by atoms with Crippen LogP contribution < -0.4 is 4.90 Å². The zero-order valence-corrected chi connectivity index (χ0v) is 17.4. The topological polar surface area (TPSA) is 93.7 Å². The second-order valence-electron chi connectivity index (χ2n) is 8.35. The number of amides is 1. The smallest absolute Gasteiger partial charge is 0.410 e. The van der Waals surface area contributed by atoms with Crippen LogP contribution in [-0.4, -0.2) is 72.1 Å². The summed E-state index contributed by atoms with van der Waals surface area (Å²) in [6.07, 6.45) is 3.50. The lowest BCUT2D eigenvalue weighted by Gasteiger charge is -2.41. The Kier molecular flexibility index (Phi) is 4.64. The molecule has 4 heterocycles. The molecule has 1 atom stereocenters. The molecule has 1 aliphatic heterocycles. The molecule has 1 aliphatic rings. The summed E-state index contributed by atoms with van der Waals surface area (Å²) in [5.41, 5.74) is 2.40. The summed E-state index contributed by atoms with van der Waals surface area (Å²) in [4.78, 5) is 17.9. The van der Waals surface area contributed by atoms with Crippen LogP contribution in [0.3, 0.4) is 0 Å². The molecule has 3 aromatic rings. The summed E-state index contributed by atoms with van der Waals surface area (Å²) < 4.78 is 7.34. The number of nitrogens with zero attached hydrogens (tertiary/aromatic N) is 8. The largest absolute Gasteiger partial charge is 0.444 e. The van der Waals surface area contributed by atoms with Crippen LogP contribution in [-0.2, 0) is 11.8 Å². The third-order valence-electron chi connectivity index (χ3n) is 4.85. The zero-order chi connectivity index (χ0) is 20.8. The zero-order valence-electron chi connectivity index (χ0n) is 17.4. The van der Waals surface area contributed by atoms with Gasteiger partial charge < -0.3 is 14.5 Å². The van der Waals surface area contributed by atoms with E-state index in [1.165, 1.54) is 4.80 Å². The van der Waals surface area contributed by atoms with Gasteiger partial charge in [0, 0.05) is 37.4 Å². The first kappa shape index (κ1) is 19.2. The van der Waals surface area contributed by atoms with Gasteiger partial charge in [0.05, 0.1) is 24.4 Å². The Bertz CT molecular complexity index is 1030. The van der Waals surface area contributed by atoms with Gasteiger partial charge in [-0.3, -0.25) is 0 Å². The van der Waals surface area contributed by atoms with Crippen molar-refractivity contribution in [2.24, 2.45) is 7.05 Å². The normalized spacial score (nSPS) is 17.8. The maximum Gasteiger partial charge on any atom is 0.410 e. The minimum Gasteiger partial charge on any atom is -0.444 e. The maximum absolute atomic E-state index is 12.4. The van der Waals surface area contributed by atoms with E-state index in [2.05, 4.69) is 32.3 Å². The van der Waals surface area contributed by atoms with Gasteiger partial charge in [0.25, 0.3) is 0 Å². The number of hydrogen-bond donors (Lipinski definition) is 0. The molecule has 0 N–H and O–H groups in total. The number of anilines is 1. The van der Waals surface area contributed by atoms with E-state index in [0.29, 0.717) is 18.9 Å². The summed E-state index contributed by atoms with van der Waals surface area (Å²) >= 11 is 0. The highest BCUT2D eigenvalue weighted by Gasteiger charge is 2.31. The molecule has 1 fully saturated rings. The Balaban J connectivity index is 1.52. The van der Waals surface area contributed by atoms with Crippen LogP contribution >= 0.6 is 0 Å². The van der Waals surface area contributed by atoms with Crippen LogP contribution in [0.1, 0.15) is 27.7 Å². The third-order valence-corrected chi connectivity index (χ3v) is 4.85. The fourth-order valence-corrected chi connectivity index (χ4v) is 3.53. The molecule has 0 spiro atoms. The minimum absolute atomic E-state index is 0.144. The van der Waals surface area contributed by atoms with E-state index in [9.17, 15) is 4.79 Å². The Morgan fingerprint density at radius 3 is 2.69 bits per heavy atom. The van der Waals surface area contributed by atoms with Crippen molar-refractivity contribution in [3.8, 4) is 11.4 Å². The lowest BCUT2D eigenvalue weighted by molar-refractivity contribution is 0.0219. The van der Waals surface area contributed by atoms with Gasteiger partial charge in [0.15, 0.2) is 0 Å². The van der Waals surface area contributed by atoms with Crippen molar-refractivity contribution in [3.63, 3.8) is 0 Å². The van der Waals surface area contributed by atoms with Gasteiger partial charge in [0.2, 0.25) is 5.82 Å². The van der Waals surface area contributed by atoms with Crippen molar-refractivity contribution in [3.05, 3.63) is 24.5 Å². The number of aryl methyl sites for hydroxylation is 1. The number of fused-ring (bicyclic) bond motifs is 1.